The maximum absolute atomic E-state index is 11.6. The highest BCUT2D eigenvalue weighted by molar-refractivity contribution is 6.17. The van der Waals surface area contributed by atoms with Crippen LogP contribution < -0.4 is 9.47 Å². The molecule has 0 aliphatic carbocycles. The summed E-state index contributed by atoms with van der Waals surface area (Å²) in [5.41, 5.74) is 3.10. The first kappa shape index (κ1) is 16.5. The SMILES string of the molecule is COc1cc(/C=C(/C=O)c2c[nH]c3ccccc23)ccc1OC(C)=O. The molecule has 0 bridgehead atoms. The van der Waals surface area contributed by atoms with Crippen LogP contribution in [0.15, 0.2) is 48.7 Å². The number of benzene rings is 2. The number of allylic oxidation sites excluding steroid dienone is 1. The minimum absolute atomic E-state index is 0.340. The average molecular weight is 335 g/mol. The topological polar surface area (TPSA) is 68.4 Å². The Hall–Kier alpha value is -3.34. The minimum atomic E-state index is -0.422. The molecule has 0 unspecified atom stereocenters. The Morgan fingerprint density at radius 1 is 1.12 bits per heavy atom. The van der Waals surface area contributed by atoms with Gasteiger partial charge in [-0.15, -0.1) is 0 Å². The summed E-state index contributed by atoms with van der Waals surface area (Å²) in [5, 5.41) is 0.976. The molecule has 126 valence electrons. The molecule has 2 aromatic carbocycles. The highest BCUT2D eigenvalue weighted by atomic mass is 16.6. The average Bonchev–Trinajstić information content (AvgIpc) is 3.04. The lowest BCUT2D eigenvalue weighted by Crippen LogP contribution is -2.03. The van der Waals surface area contributed by atoms with Crippen LogP contribution in [0.4, 0.5) is 0 Å². The Kier molecular flexibility index (Phi) is 4.66. The lowest BCUT2D eigenvalue weighted by atomic mass is 10.0. The number of ether oxygens (including phenoxy) is 2. The van der Waals surface area contributed by atoms with E-state index >= 15 is 0 Å². The number of carbonyl (C=O) groups is 2. The fourth-order valence-electron chi connectivity index (χ4n) is 2.68. The molecule has 0 aliphatic heterocycles. The summed E-state index contributed by atoms with van der Waals surface area (Å²) in [6.45, 7) is 1.33. The van der Waals surface area contributed by atoms with Crippen LogP contribution in [0.3, 0.4) is 0 Å². The van der Waals surface area contributed by atoms with Crippen LogP contribution in [0.5, 0.6) is 11.5 Å². The lowest BCUT2D eigenvalue weighted by molar-refractivity contribution is -0.132. The molecule has 5 heteroatoms. The standard InChI is InChI=1S/C20H17NO4/c1-13(23)25-19-8-7-14(10-20(19)24-2)9-15(12-22)17-11-21-18-6-4-3-5-16(17)18/h3-12,21H,1-2H3/b15-9-. The molecule has 0 radical (unpaired) electrons. The maximum atomic E-state index is 11.6. The van der Waals surface area contributed by atoms with Crippen molar-refractivity contribution >= 4 is 34.8 Å². The smallest absolute Gasteiger partial charge is 0.308 e. The zero-order chi connectivity index (χ0) is 17.8. The number of esters is 1. The summed E-state index contributed by atoms with van der Waals surface area (Å²) in [6, 6.07) is 12.9. The summed E-state index contributed by atoms with van der Waals surface area (Å²) < 4.78 is 10.4. The minimum Gasteiger partial charge on any atom is -0.493 e. The van der Waals surface area contributed by atoms with E-state index < -0.39 is 5.97 Å². The van der Waals surface area contributed by atoms with Gasteiger partial charge in [0.1, 0.15) is 0 Å². The number of rotatable bonds is 5. The number of nitrogens with one attached hydrogen (secondary N) is 1. The first-order valence-electron chi connectivity index (χ1n) is 7.72. The van der Waals surface area contributed by atoms with E-state index in [2.05, 4.69) is 4.98 Å². The van der Waals surface area contributed by atoms with Gasteiger partial charge in [0.05, 0.1) is 7.11 Å². The molecule has 0 spiro atoms. The van der Waals surface area contributed by atoms with Crippen LogP contribution >= 0.6 is 0 Å². The van der Waals surface area contributed by atoms with Crippen molar-refractivity contribution in [1.82, 2.24) is 4.98 Å². The van der Waals surface area contributed by atoms with Crippen LogP contribution in [0.1, 0.15) is 18.1 Å². The molecule has 0 saturated heterocycles. The van der Waals surface area contributed by atoms with Crippen molar-refractivity contribution in [2.75, 3.05) is 7.11 Å². The highest BCUT2D eigenvalue weighted by Gasteiger charge is 2.10. The lowest BCUT2D eigenvalue weighted by Gasteiger charge is -2.09. The molecule has 25 heavy (non-hydrogen) atoms. The molecule has 0 atom stereocenters. The molecule has 3 aromatic rings. The van der Waals surface area contributed by atoms with Crippen LogP contribution in [0.25, 0.3) is 22.6 Å². The predicted octanol–water partition coefficient (Wildman–Crippen LogP) is 3.84. The molecule has 5 nitrogen and oxygen atoms in total. The van der Waals surface area contributed by atoms with Crippen molar-refractivity contribution in [1.29, 1.82) is 0 Å². The fourth-order valence-corrected chi connectivity index (χ4v) is 2.68. The normalized spacial score (nSPS) is 11.4. The summed E-state index contributed by atoms with van der Waals surface area (Å²) in [7, 11) is 1.50. The van der Waals surface area contributed by atoms with Gasteiger partial charge in [0.25, 0.3) is 0 Å². The Balaban J connectivity index is 2.02. The first-order chi connectivity index (χ1) is 12.1. The van der Waals surface area contributed by atoms with Gasteiger partial charge >= 0.3 is 5.97 Å². The third-order valence-electron chi connectivity index (χ3n) is 3.79. The molecule has 1 heterocycles. The summed E-state index contributed by atoms with van der Waals surface area (Å²) >= 11 is 0. The van der Waals surface area contributed by atoms with Crippen molar-refractivity contribution in [2.45, 2.75) is 6.92 Å². The van der Waals surface area contributed by atoms with Gasteiger partial charge in [0, 0.05) is 35.2 Å². The first-order valence-corrected chi connectivity index (χ1v) is 7.72. The summed E-state index contributed by atoms with van der Waals surface area (Å²) in [6.07, 6.45) is 4.40. The van der Waals surface area contributed by atoms with Gasteiger partial charge in [0.15, 0.2) is 17.8 Å². The molecule has 0 aliphatic rings. The van der Waals surface area contributed by atoms with E-state index in [-0.39, 0.29) is 0 Å². The third kappa shape index (κ3) is 3.45. The van der Waals surface area contributed by atoms with Crippen LogP contribution in [-0.2, 0) is 9.59 Å². The molecule has 1 N–H and O–H groups in total. The largest absolute Gasteiger partial charge is 0.493 e. The van der Waals surface area contributed by atoms with E-state index in [1.165, 1.54) is 14.0 Å². The molecule has 1 aromatic heterocycles. The van der Waals surface area contributed by atoms with Crippen LogP contribution in [0.2, 0.25) is 0 Å². The van der Waals surface area contributed by atoms with E-state index in [0.717, 1.165) is 28.3 Å². The second kappa shape index (κ2) is 7.05. The zero-order valence-corrected chi connectivity index (χ0v) is 13.9. The van der Waals surface area contributed by atoms with E-state index in [4.69, 9.17) is 9.47 Å². The maximum Gasteiger partial charge on any atom is 0.308 e. The Labute approximate surface area is 144 Å². The van der Waals surface area contributed by atoms with Crippen molar-refractivity contribution in [3.8, 4) is 11.5 Å². The van der Waals surface area contributed by atoms with Gasteiger partial charge in [-0.2, -0.15) is 0 Å². The Morgan fingerprint density at radius 3 is 2.64 bits per heavy atom. The second-order valence-corrected chi connectivity index (χ2v) is 5.47. The summed E-state index contributed by atoms with van der Waals surface area (Å²) in [4.78, 5) is 25.9. The molecule has 3 rings (SSSR count). The Bertz CT molecular complexity index is 969. The number of hydrogen-bond donors (Lipinski definition) is 1. The quantitative estimate of drug-likeness (QED) is 0.333. The zero-order valence-electron chi connectivity index (χ0n) is 13.9. The van der Waals surface area contributed by atoms with Crippen molar-refractivity contribution in [2.24, 2.45) is 0 Å². The number of para-hydroxylation sites is 1. The number of aldehydes is 1. The number of hydrogen-bond acceptors (Lipinski definition) is 4. The summed E-state index contributed by atoms with van der Waals surface area (Å²) in [5.74, 6) is 0.342. The number of aromatic amines is 1. The van der Waals surface area contributed by atoms with Crippen molar-refractivity contribution < 1.29 is 19.1 Å². The van der Waals surface area contributed by atoms with Crippen LogP contribution in [-0.4, -0.2) is 24.3 Å². The third-order valence-corrected chi connectivity index (χ3v) is 3.79. The molecule has 0 fully saturated rings. The van der Waals surface area contributed by atoms with Gasteiger partial charge < -0.3 is 14.5 Å². The van der Waals surface area contributed by atoms with Gasteiger partial charge in [-0.25, -0.2) is 0 Å². The number of methoxy groups -OCH3 is 1. The van der Waals surface area contributed by atoms with Crippen molar-refractivity contribution in [3.05, 3.63) is 59.8 Å². The van der Waals surface area contributed by atoms with Crippen LogP contribution in [0, 0.1) is 0 Å². The van der Waals surface area contributed by atoms with E-state index in [1.54, 1.807) is 24.3 Å². The number of H-pyrrole nitrogens is 1. The number of aromatic nitrogens is 1. The molecular formula is C20H17NO4. The predicted molar refractivity (Wildman–Crippen MR) is 96.5 cm³/mol. The van der Waals surface area contributed by atoms with Gasteiger partial charge in [-0.3, -0.25) is 9.59 Å². The molecule has 0 saturated carbocycles. The number of fused-ring (bicyclic) bond motifs is 1. The highest BCUT2D eigenvalue weighted by Crippen LogP contribution is 2.31. The van der Waals surface area contributed by atoms with E-state index in [9.17, 15) is 9.59 Å². The van der Waals surface area contributed by atoms with Crippen molar-refractivity contribution in [3.63, 3.8) is 0 Å². The second-order valence-electron chi connectivity index (χ2n) is 5.47. The monoisotopic (exact) mass is 335 g/mol. The molecular weight excluding hydrogens is 318 g/mol. The van der Waals surface area contributed by atoms with Gasteiger partial charge in [-0.1, -0.05) is 24.3 Å². The van der Waals surface area contributed by atoms with E-state index in [1.807, 2.05) is 30.5 Å². The Morgan fingerprint density at radius 2 is 1.92 bits per heavy atom. The van der Waals surface area contributed by atoms with Gasteiger partial charge in [0.2, 0.25) is 0 Å². The fraction of sp³-hybridized carbons (Fsp3) is 0.100. The van der Waals surface area contributed by atoms with E-state index in [0.29, 0.717) is 17.1 Å². The number of carbonyl (C=O) groups excluding carboxylic acids is 2. The molecule has 0 amide bonds. The van der Waals surface area contributed by atoms with Gasteiger partial charge in [-0.05, 0) is 29.8 Å².